The Morgan fingerprint density at radius 3 is 0.905 bits per heavy atom. The highest BCUT2D eigenvalue weighted by atomic mass is 35.5. The van der Waals surface area contributed by atoms with Gasteiger partial charge in [-0.1, -0.05) is 164 Å². The highest BCUT2D eigenvalue weighted by molar-refractivity contribution is 6.32. The number of aromatic amines is 4. The number of fused-ring (bicyclic) bond motifs is 12. The van der Waals surface area contributed by atoms with Gasteiger partial charge >= 0.3 is 24.4 Å². The number of nitrogens with zero attached hydrogens (tertiary/aromatic N) is 5. The van der Waals surface area contributed by atoms with Gasteiger partial charge in [0.25, 0.3) is 0 Å². The van der Waals surface area contributed by atoms with E-state index in [1.807, 2.05) is 221 Å². The number of ether oxygens (including phenoxy) is 10. The fourth-order valence-corrected chi connectivity index (χ4v) is 20.2. The van der Waals surface area contributed by atoms with Crippen molar-refractivity contribution in [3.8, 4) is 23.0 Å². The second kappa shape index (κ2) is 56.8. The molecule has 0 bridgehead atoms. The zero-order valence-corrected chi connectivity index (χ0v) is 91.0. The first-order valence-electron chi connectivity index (χ1n) is 53.2. The molecule has 0 saturated carbocycles. The fraction of sp³-hybridized carbons (Fsp3) is 0.487. The maximum atomic E-state index is 13.2. The number of benzene rings is 8. The van der Waals surface area contributed by atoms with Gasteiger partial charge in [0.15, 0.2) is 0 Å². The molecule has 4 amide bonds. The Kier molecular flexibility index (Phi) is 43.3. The van der Waals surface area contributed by atoms with Gasteiger partial charge in [0.2, 0.25) is 0 Å². The molecule has 17 rings (SSSR count). The van der Waals surface area contributed by atoms with Crippen LogP contribution in [0.25, 0.3) is 43.6 Å². The van der Waals surface area contributed by atoms with E-state index in [-0.39, 0.29) is 78.8 Å². The lowest BCUT2D eigenvalue weighted by Crippen LogP contribution is -2.41. The number of carbonyl (C=O) groups excluding carboxylic acids is 4. The number of nitrogens with one attached hydrogen (secondary N) is 7. The summed E-state index contributed by atoms with van der Waals surface area (Å²) in [6.07, 6.45) is 11.0. The number of aliphatic hydroxyl groups is 1. The molecule has 8 aromatic carbocycles. The average molecular weight is 2110 g/mol. The van der Waals surface area contributed by atoms with Gasteiger partial charge in [-0.05, 0) is 306 Å². The Bertz CT molecular complexity index is 6180. The number of carbonyl (C=O) groups is 4. The third-order valence-electron chi connectivity index (χ3n) is 26.9. The molecule has 5 aliphatic rings. The summed E-state index contributed by atoms with van der Waals surface area (Å²) in [5.41, 5.74) is 17.0. The Morgan fingerprint density at radius 1 is 0.351 bits per heavy atom. The van der Waals surface area contributed by atoms with Gasteiger partial charge in [0, 0.05) is 152 Å². The SMILES string of the molecule is CC(C)COC(=O)N1CCc2c([nH]c3ccc(Cl)cc23)C1c1ccc(OCCCCN2CCOCC2)cc1.CC(C)COC(=O)N1CCc2c([nH]c3ccc(Cl)cc23)C1c1ccc(OCCCCNC(C)C)cc1.CC(C)COC(=O)N1CCc2c([nH]c3ccc(Cl)cc23)C1c1ccc(OCCCCNCCO)cc1.COCCCNCCCCOc1ccc(C2c3[nH]c4ccc(Cl)cc4c3CCN2C(=O)OCC(C)C)cc1. The molecule has 0 radical (unpaired) electrons. The maximum Gasteiger partial charge on any atom is 0.410 e. The van der Waals surface area contributed by atoms with Crippen molar-refractivity contribution < 1.29 is 71.7 Å². The van der Waals surface area contributed by atoms with E-state index >= 15 is 0 Å². The van der Waals surface area contributed by atoms with Crippen molar-refractivity contribution in [1.82, 2.24) is 60.4 Å². The summed E-state index contributed by atoms with van der Waals surface area (Å²) in [5, 5.41) is 26.1. The van der Waals surface area contributed by atoms with E-state index in [1.54, 1.807) is 7.11 Å². The largest absolute Gasteiger partial charge is 0.494 e. The Morgan fingerprint density at radius 2 is 0.628 bits per heavy atom. The van der Waals surface area contributed by atoms with E-state index in [4.69, 9.17) is 98.9 Å². The van der Waals surface area contributed by atoms with Gasteiger partial charge in [0.05, 0.1) is 72.7 Å². The lowest BCUT2D eigenvalue weighted by molar-refractivity contribution is 0.0368. The van der Waals surface area contributed by atoms with Crippen molar-refractivity contribution in [2.75, 3.05) is 165 Å². The second-order valence-electron chi connectivity index (χ2n) is 40.7. The maximum absolute atomic E-state index is 13.2. The van der Waals surface area contributed by atoms with Crippen LogP contribution in [0.2, 0.25) is 20.1 Å². The molecule has 1 saturated heterocycles. The van der Waals surface area contributed by atoms with Crippen LogP contribution < -0.4 is 34.9 Å². The van der Waals surface area contributed by atoms with Crippen LogP contribution in [0.1, 0.15) is 218 Å². The summed E-state index contributed by atoms with van der Waals surface area (Å²) in [6.45, 7) is 37.4. The molecule has 8 N–H and O–H groups in total. The minimum absolute atomic E-state index is 0.157. The molecule has 12 aromatic rings. The molecule has 798 valence electrons. The van der Waals surface area contributed by atoms with Gasteiger partial charge in [-0.2, -0.15) is 0 Å². The van der Waals surface area contributed by atoms with E-state index in [0.29, 0.717) is 112 Å². The minimum atomic E-state index is -0.300. The van der Waals surface area contributed by atoms with Crippen molar-refractivity contribution >= 4 is 114 Å². The number of hydrogen-bond acceptors (Lipinski definition) is 19. The summed E-state index contributed by atoms with van der Waals surface area (Å²) >= 11 is 25.2. The number of rotatable bonds is 43. The topological polar surface area (TPSA) is 296 Å². The number of morpholine rings is 1. The molecule has 5 aliphatic heterocycles. The van der Waals surface area contributed by atoms with Gasteiger partial charge in [0.1, 0.15) is 47.2 Å². The number of halogens is 4. The minimum Gasteiger partial charge on any atom is -0.494 e. The molecule has 148 heavy (non-hydrogen) atoms. The molecule has 0 aliphatic carbocycles. The van der Waals surface area contributed by atoms with Crippen LogP contribution in [-0.4, -0.2) is 245 Å². The van der Waals surface area contributed by atoms with Crippen LogP contribution in [0.15, 0.2) is 170 Å². The Hall–Kier alpha value is -10.9. The third-order valence-corrected chi connectivity index (χ3v) is 27.8. The molecule has 4 unspecified atom stereocenters. The van der Waals surface area contributed by atoms with Gasteiger partial charge in [-0.25, -0.2) is 19.2 Å². The smallest absolute Gasteiger partial charge is 0.410 e. The summed E-state index contributed by atoms with van der Waals surface area (Å²) < 4.78 is 57.0. The number of amides is 4. The normalized spacial score (nSPS) is 16.1. The molecule has 31 heteroatoms. The predicted molar refractivity (Wildman–Crippen MR) is 591 cm³/mol. The molecular weight excluding hydrogens is 1960 g/mol. The Labute approximate surface area is 892 Å². The first kappa shape index (κ1) is 113. The van der Waals surface area contributed by atoms with E-state index in [9.17, 15) is 19.2 Å². The second-order valence-corrected chi connectivity index (χ2v) is 42.5. The van der Waals surface area contributed by atoms with Gasteiger partial charge in [-0.3, -0.25) is 24.5 Å². The first-order chi connectivity index (χ1) is 71.8. The fourth-order valence-electron chi connectivity index (χ4n) is 19.5. The number of H-pyrrole nitrogens is 4. The zero-order valence-electron chi connectivity index (χ0n) is 87.9. The van der Waals surface area contributed by atoms with Crippen molar-refractivity contribution in [3.05, 3.63) is 257 Å². The lowest BCUT2D eigenvalue weighted by Gasteiger charge is -2.35. The molecule has 9 heterocycles. The molecule has 0 spiro atoms. The lowest BCUT2D eigenvalue weighted by atomic mass is 9.92. The summed E-state index contributed by atoms with van der Waals surface area (Å²) in [5.74, 6) is 4.41. The zero-order chi connectivity index (χ0) is 105. The van der Waals surface area contributed by atoms with Crippen molar-refractivity contribution in [2.45, 2.75) is 183 Å². The van der Waals surface area contributed by atoms with E-state index in [2.05, 4.69) is 78.9 Å². The van der Waals surface area contributed by atoms with Gasteiger partial charge in [-0.15, -0.1) is 0 Å². The van der Waals surface area contributed by atoms with Crippen LogP contribution in [0, 0.1) is 23.7 Å². The van der Waals surface area contributed by atoms with E-state index in [0.717, 1.165) is 261 Å². The highest BCUT2D eigenvalue weighted by Crippen LogP contribution is 2.46. The van der Waals surface area contributed by atoms with Crippen LogP contribution >= 0.6 is 46.4 Å². The number of hydrogen-bond donors (Lipinski definition) is 8. The monoisotopic (exact) mass is 2110 g/mol. The predicted octanol–water partition coefficient (Wildman–Crippen LogP) is 24.4. The molecule has 4 aromatic heterocycles. The Balaban J connectivity index is 0.000000156. The van der Waals surface area contributed by atoms with Gasteiger partial charge < -0.3 is 88.4 Å². The van der Waals surface area contributed by atoms with Crippen LogP contribution in [0.4, 0.5) is 19.2 Å². The highest BCUT2D eigenvalue weighted by Gasteiger charge is 2.41. The number of unbranched alkanes of at least 4 members (excludes halogenated alkanes) is 4. The van der Waals surface area contributed by atoms with Crippen molar-refractivity contribution in [3.63, 3.8) is 0 Å². The van der Waals surface area contributed by atoms with Crippen LogP contribution in [0.5, 0.6) is 23.0 Å². The molecule has 4 atom stereocenters. The summed E-state index contributed by atoms with van der Waals surface area (Å²) in [4.78, 5) is 76.7. The molecular formula is C117H152Cl4N12O15. The number of aromatic nitrogens is 4. The molecule has 1 fully saturated rings. The van der Waals surface area contributed by atoms with Crippen LogP contribution in [-0.2, 0) is 54.1 Å². The summed E-state index contributed by atoms with van der Waals surface area (Å²) in [6, 6.07) is 55.2. The first-order valence-corrected chi connectivity index (χ1v) is 54.7. The standard InChI is InChI=1S/C30H38ClN3O4.C30H40ClN3O4.C29H38ClN3O3.C28H36ClN3O4/c1-21(2)20-38-30(35)34-13-11-25-26-19-23(31)7-10-27(26)32-28(25)29(34)22-5-8-24(9-6-22)37-16-4-3-12-33-14-17-36-18-15-33;1-21(2)20-38-30(35)34-16-13-25-26-19-23(31)9-12-27(26)33-28(25)29(34)22-7-10-24(11-8-22)37-18-5-4-14-32-15-6-17-36-3;1-19(2)18-36-29(34)33-15-13-24-25-17-22(30)9-12-26(25)32-27(24)28(33)21-7-10-23(11-8-21)35-16-6-5-14-31-20(3)4;1-19(2)18-36-28(34)32-14-11-23-24-17-21(29)7-10-25(24)31-26(23)27(32)20-5-8-22(9-6-20)35-16-4-3-12-30-13-15-33/h5-10,19,21,29,32H,3-4,11-18,20H2,1-2H3;7-12,19,21,29,32-33H,4-6,13-18,20H2,1-3H3;7-12,17,19-20,28,31-32H,5-6,13-16,18H2,1-4H3;5-10,17,19,27,30-31,33H,3-4,11-16,18H2,1-2H3. The average Bonchev–Trinajstić information content (AvgIpc) is 1.61. The third kappa shape index (κ3) is 31.4. The van der Waals surface area contributed by atoms with E-state index < -0.39 is 0 Å². The quantitative estimate of drug-likeness (QED) is 0.0130. The van der Waals surface area contributed by atoms with Crippen molar-refractivity contribution in [1.29, 1.82) is 0 Å². The summed E-state index contributed by atoms with van der Waals surface area (Å²) in [7, 11) is 1.73. The van der Waals surface area contributed by atoms with Crippen molar-refractivity contribution in [2.24, 2.45) is 23.7 Å². The van der Waals surface area contributed by atoms with Crippen LogP contribution in [0.3, 0.4) is 0 Å². The van der Waals surface area contributed by atoms with E-state index in [1.165, 1.54) is 22.3 Å². The molecule has 27 nitrogen and oxygen atoms in total. The number of methoxy groups -OCH3 is 1. The number of aliphatic hydroxyl groups excluding tert-OH is 1.